The number of carbonyl (C=O) groups excluding carboxylic acids is 1. The zero-order chi connectivity index (χ0) is 16.7. The van der Waals surface area contributed by atoms with Crippen molar-refractivity contribution in [2.45, 2.75) is 31.7 Å². The summed E-state index contributed by atoms with van der Waals surface area (Å²) < 4.78 is 1.70. The molecule has 0 aliphatic heterocycles. The highest BCUT2D eigenvalue weighted by molar-refractivity contribution is 7.99. The fourth-order valence-corrected chi connectivity index (χ4v) is 3.14. The van der Waals surface area contributed by atoms with Crippen molar-refractivity contribution < 1.29 is 4.79 Å². The Morgan fingerprint density at radius 3 is 2.74 bits per heavy atom. The predicted octanol–water partition coefficient (Wildman–Crippen LogP) is 2.86. The molecule has 0 saturated carbocycles. The lowest BCUT2D eigenvalue weighted by Crippen LogP contribution is -2.34. The first-order chi connectivity index (χ1) is 11.1. The molecule has 2 aromatic rings. The van der Waals surface area contributed by atoms with E-state index >= 15 is 0 Å². The molecule has 0 bridgehead atoms. The number of thioether (sulfide) groups is 1. The fourth-order valence-electron chi connectivity index (χ4n) is 2.30. The molecule has 0 saturated heterocycles. The van der Waals surface area contributed by atoms with Gasteiger partial charge in [0.2, 0.25) is 5.91 Å². The first-order valence-electron chi connectivity index (χ1n) is 7.83. The van der Waals surface area contributed by atoms with E-state index in [2.05, 4.69) is 41.3 Å². The van der Waals surface area contributed by atoms with Crippen molar-refractivity contribution in [2.75, 3.05) is 19.3 Å². The van der Waals surface area contributed by atoms with Gasteiger partial charge in [0.05, 0.1) is 12.5 Å². The molecule has 5 nitrogen and oxygen atoms in total. The van der Waals surface area contributed by atoms with Crippen molar-refractivity contribution >= 4 is 17.7 Å². The first-order valence-corrected chi connectivity index (χ1v) is 8.81. The van der Waals surface area contributed by atoms with E-state index in [1.807, 2.05) is 30.6 Å². The van der Waals surface area contributed by atoms with Gasteiger partial charge in [0.1, 0.15) is 12.7 Å². The molecule has 0 aliphatic carbocycles. The molecule has 1 unspecified atom stereocenters. The average molecular weight is 332 g/mol. The lowest BCUT2D eigenvalue weighted by molar-refractivity contribution is -0.134. The van der Waals surface area contributed by atoms with E-state index in [1.165, 1.54) is 16.8 Å². The van der Waals surface area contributed by atoms with Gasteiger partial charge in [0, 0.05) is 18.5 Å². The Morgan fingerprint density at radius 2 is 2.09 bits per heavy atom. The standard InChI is InChI=1S/C17H24N4OS/c1-14-5-7-16(8-6-14)23-10-4-9-20(3)17(22)15(2)11-21-13-18-12-19-21/h5-8,12-13,15H,4,9-11H2,1-3H3. The van der Waals surface area contributed by atoms with Crippen molar-refractivity contribution in [3.05, 3.63) is 42.5 Å². The van der Waals surface area contributed by atoms with Gasteiger partial charge in [-0.3, -0.25) is 9.48 Å². The maximum Gasteiger partial charge on any atom is 0.227 e. The van der Waals surface area contributed by atoms with E-state index in [4.69, 9.17) is 0 Å². The number of nitrogens with zero attached hydrogens (tertiary/aromatic N) is 4. The Labute approximate surface area is 142 Å². The van der Waals surface area contributed by atoms with Crippen LogP contribution in [0.5, 0.6) is 0 Å². The number of aryl methyl sites for hydroxylation is 1. The number of rotatable bonds is 8. The minimum Gasteiger partial charge on any atom is -0.345 e. The summed E-state index contributed by atoms with van der Waals surface area (Å²) >= 11 is 1.83. The molecule has 124 valence electrons. The van der Waals surface area contributed by atoms with Gasteiger partial charge in [-0.2, -0.15) is 5.10 Å². The lowest BCUT2D eigenvalue weighted by atomic mass is 10.1. The van der Waals surface area contributed by atoms with Crippen LogP contribution in [0.15, 0.2) is 41.8 Å². The van der Waals surface area contributed by atoms with Crippen LogP contribution in [-0.2, 0) is 11.3 Å². The second kappa shape index (κ2) is 8.72. The molecule has 0 spiro atoms. The van der Waals surface area contributed by atoms with Gasteiger partial charge < -0.3 is 4.90 Å². The molecular weight excluding hydrogens is 308 g/mol. The number of benzene rings is 1. The molecular formula is C17H24N4OS. The summed E-state index contributed by atoms with van der Waals surface area (Å²) in [6.07, 6.45) is 4.11. The van der Waals surface area contributed by atoms with E-state index in [0.29, 0.717) is 6.54 Å². The Morgan fingerprint density at radius 1 is 1.35 bits per heavy atom. The molecule has 0 fully saturated rings. The first kappa shape index (κ1) is 17.5. The normalized spacial score (nSPS) is 12.1. The Balaban J connectivity index is 1.68. The van der Waals surface area contributed by atoms with E-state index in [9.17, 15) is 4.79 Å². The van der Waals surface area contributed by atoms with Gasteiger partial charge in [-0.15, -0.1) is 11.8 Å². The van der Waals surface area contributed by atoms with E-state index in [-0.39, 0.29) is 11.8 Å². The van der Waals surface area contributed by atoms with Crippen LogP contribution in [-0.4, -0.2) is 44.9 Å². The summed E-state index contributed by atoms with van der Waals surface area (Å²) in [5, 5.41) is 4.04. The Bertz CT molecular complexity index is 598. The summed E-state index contributed by atoms with van der Waals surface area (Å²) in [7, 11) is 1.87. The summed E-state index contributed by atoms with van der Waals surface area (Å²) in [5.74, 6) is 1.07. The zero-order valence-corrected chi connectivity index (χ0v) is 14.8. The number of hydrogen-bond acceptors (Lipinski definition) is 4. The lowest BCUT2D eigenvalue weighted by Gasteiger charge is -2.21. The van der Waals surface area contributed by atoms with Crippen LogP contribution in [0.2, 0.25) is 0 Å². The average Bonchev–Trinajstić information content (AvgIpc) is 3.05. The molecule has 0 radical (unpaired) electrons. The summed E-state index contributed by atoms with van der Waals surface area (Å²) in [4.78, 5) is 19.3. The van der Waals surface area contributed by atoms with Crippen molar-refractivity contribution in [2.24, 2.45) is 5.92 Å². The molecule has 1 atom stereocenters. The van der Waals surface area contributed by atoms with Gasteiger partial charge in [0.15, 0.2) is 0 Å². The van der Waals surface area contributed by atoms with Crippen molar-refractivity contribution in [3.63, 3.8) is 0 Å². The Hall–Kier alpha value is -1.82. The second-order valence-electron chi connectivity index (χ2n) is 5.79. The van der Waals surface area contributed by atoms with Crippen LogP contribution < -0.4 is 0 Å². The molecule has 1 heterocycles. The van der Waals surface area contributed by atoms with Gasteiger partial charge in [-0.25, -0.2) is 4.98 Å². The Kier molecular flexibility index (Phi) is 6.65. The molecule has 1 aromatic carbocycles. The maximum atomic E-state index is 12.3. The zero-order valence-electron chi connectivity index (χ0n) is 14.0. The quantitative estimate of drug-likeness (QED) is 0.551. The van der Waals surface area contributed by atoms with Gasteiger partial charge in [0.25, 0.3) is 0 Å². The highest BCUT2D eigenvalue weighted by atomic mass is 32.2. The van der Waals surface area contributed by atoms with Crippen molar-refractivity contribution in [1.82, 2.24) is 19.7 Å². The van der Waals surface area contributed by atoms with Gasteiger partial charge in [-0.1, -0.05) is 24.6 Å². The molecule has 0 N–H and O–H groups in total. The smallest absolute Gasteiger partial charge is 0.227 e. The maximum absolute atomic E-state index is 12.3. The third-order valence-electron chi connectivity index (χ3n) is 3.65. The van der Waals surface area contributed by atoms with Gasteiger partial charge >= 0.3 is 0 Å². The number of carbonyl (C=O) groups is 1. The largest absolute Gasteiger partial charge is 0.345 e. The molecule has 0 aliphatic rings. The highest BCUT2D eigenvalue weighted by Gasteiger charge is 2.17. The fraction of sp³-hybridized carbons (Fsp3) is 0.471. The van der Waals surface area contributed by atoms with Crippen LogP contribution in [0.1, 0.15) is 18.9 Å². The number of aromatic nitrogens is 3. The number of amides is 1. The minimum atomic E-state index is -0.0912. The van der Waals surface area contributed by atoms with Crippen LogP contribution in [0.4, 0.5) is 0 Å². The number of hydrogen-bond donors (Lipinski definition) is 0. The van der Waals surface area contributed by atoms with Crippen LogP contribution in [0, 0.1) is 12.8 Å². The third kappa shape index (κ3) is 5.71. The minimum absolute atomic E-state index is 0.0912. The van der Waals surface area contributed by atoms with Crippen LogP contribution in [0.3, 0.4) is 0 Å². The highest BCUT2D eigenvalue weighted by Crippen LogP contribution is 2.19. The van der Waals surface area contributed by atoms with Crippen molar-refractivity contribution in [3.8, 4) is 0 Å². The summed E-state index contributed by atoms with van der Waals surface area (Å²) in [5.41, 5.74) is 1.28. The molecule has 2 rings (SSSR count). The topological polar surface area (TPSA) is 51.0 Å². The summed E-state index contributed by atoms with van der Waals surface area (Å²) in [6.45, 7) is 5.37. The molecule has 6 heteroatoms. The van der Waals surface area contributed by atoms with E-state index in [0.717, 1.165) is 18.7 Å². The van der Waals surface area contributed by atoms with E-state index in [1.54, 1.807) is 11.0 Å². The molecule has 1 amide bonds. The van der Waals surface area contributed by atoms with Crippen LogP contribution >= 0.6 is 11.8 Å². The summed E-state index contributed by atoms with van der Waals surface area (Å²) in [6, 6.07) is 8.55. The SMILES string of the molecule is Cc1ccc(SCCCN(C)C(=O)C(C)Cn2cncn2)cc1. The molecule has 23 heavy (non-hydrogen) atoms. The molecule has 1 aromatic heterocycles. The monoisotopic (exact) mass is 332 g/mol. The third-order valence-corrected chi connectivity index (χ3v) is 4.75. The second-order valence-corrected chi connectivity index (χ2v) is 6.96. The van der Waals surface area contributed by atoms with Crippen LogP contribution in [0.25, 0.3) is 0 Å². The van der Waals surface area contributed by atoms with Gasteiger partial charge in [-0.05, 0) is 31.2 Å². The predicted molar refractivity (Wildman–Crippen MR) is 93.3 cm³/mol. The van der Waals surface area contributed by atoms with Crippen molar-refractivity contribution in [1.29, 1.82) is 0 Å². The van der Waals surface area contributed by atoms with E-state index < -0.39 is 0 Å².